The molecular weight excluding hydrogens is 309 g/mol. The third-order valence-corrected chi connectivity index (χ3v) is 3.52. The summed E-state index contributed by atoms with van der Waals surface area (Å²) in [5, 5.41) is 3.86. The molecule has 24 heavy (non-hydrogen) atoms. The maximum atomic E-state index is 13.0. The van der Waals surface area contributed by atoms with Crippen molar-refractivity contribution in [2.75, 3.05) is 4.90 Å². The van der Waals surface area contributed by atoms with Gasteiger partial charge in [-0.2, -0.15) is 0 Å². The Hall–Kier alpha value is -3.02. The molecule has 0 unspecified atom stereocenters. The summed E-state index contributed by atoms with van der Waals surface area (Å²) in [6.07, 6.45) is 3.27. The number of amides is 1. The molecule has 1 aromatic carbocycles. The van der Waals surface area contributed by atoms with E-state index >= 15 is 0 Å². The number of anilines is 1. The second kappa shape index (κ2) is 6.62. The van der Waals surface area contributed by atoms with Crippen LogP contribution >= 0.6 is 0 Å². The molecule has 0 aliphatic carbocycles. The van der Waals surface area contributed by atoms with Crippen LogP contribution in [0.1, 0.15) is 24.3 Å². The lowest BCUT2D eigenvalue weighted by Gasteiger charge is -2.25. The van der Waals surface area contributed by atoms with Crippen LogP contribution in [0, 0.1) is 5.82 Å². The monoisotopic (exact) mass is 325 g/mol. The number of carbonyl (C=O) groups is 1. The van der Waals surface area contributed by atoms with Crippen LogP contribution < -0.4 is 4.90 Å². The van der Waals surface area contributed by atoms with Crippen LogP contribution in [0.15, 0.2) is 59.4 Å². The Balaban J connectivity index is 1.90. The van der Waals surface area contributed by atoms with E-state index in [1.54, 1.807) is 41.6 Å². The summed E-state index contributed by atoms with van der Waals surface area (Å²) in [7, 11) is 0. The molecule has 0 spiro atoms. The number of hydrogen-bond donors (Lipinski definition) is 0. The highest BCUT2D eigenvalue weighted by molar-refractivity contribution is 6.05. The molecule has 0 aliphatic rings. The van der Waals surface area contributed by atoms with Crippen LogP contribution in [-0.2, 0) is 0 Å². The van der Waals surface area contributed by atoms with Gasteiger partial charge in [0.05, 0.1) is 11.9 Å². The van der Waals surface area contributed by atoms with Gasteiger partial charge in [-0.1, -0.05) is 5.16 Å². The average molecular weight is 325 g/mol. The van der Waals surface area contributed by atoms with Crippen molar-refractivity contribution in [1.29, 1.82) is 0 Å². The molecule has 5 nitrogen and oxygen atoms in total. The largest absolute Gasteiger partial charge is 0.355 e. The molecule has 122 valence electrons. The van der Waals surface area contributed by atoms with E-state index in [0.717, 1.165) is 0 Å². The Labute approximate surface area is 138 Å². The van der Waals surface area contributed by atoms with E-state index < -0.39 is 0 Å². The lowest BCUT2D eigenvalue weighted by atomic mass is 10.1. The van der Waals surface area contributed by atoms with Crippen molar-refractivity contribution >= 4 is 11.6 Å². The SMILES string of the molecule is CC(C)N(C(=O)c1cc(-c2ccc(F)cc2)on1)c1cccnc1. The maximum Gasteiger partial charge on any atom is 0.280 e. The van der Waals surface area contributed by atoms with Crippen molar-refractivity contribution < 1.29 is 13.7 Å². The smallest absolute Gasteiger partial charge is 0.280 e. The van der Waals surface area contributed by atoms with Crippen molar-refractivity contribution in [1.82, 2.24) is 10.1 Å². The van der Waals surface area contributed by atoms with Crippen molar-refractivity contribution in [3.05, 3.63) is 66.4 Å². The van der Waals surface area contributed by atoms with Gasteiger partial charge in [-0.25, -0.2) is 4.39 Å². The van der Waals surface area contributed by atoms with Gasteiger partial charge >= 0.3 is 0 Å². The van der Waals surface area contributed by atoms with E-state index in [0.29, 0.717) is 17.0 Å². The number of halogens is 1. The van der Waals surface area contributed by atoms with Gasteiger partial charge in [0.15, 0.2) is 11.5 Å². The minimum atomic E-state index is -0.336. The van der Waals surface area contributed by atoms with Crippen molar-refractivity contribution in [2.45, 2.75) is 19.9 Å². The minimum Gasteiger partial charge on any atom is -0.355 e. The number of benzene rings is 1. The number of hydrogen-bond acceptors (Lipinski definition) is 4. The summed E-state index contributed by atoms with van der Waals surface area (Å²) in [6.45, 7) is 3.82. The first kappa shape index (κ1) is 15.9. The highest BCUT2D eigenvalue weighted by Crippen LogP contribution is 2.23. The molecule has 2 aromatic heterocycles. The Bertz CT molecular complexity index is 829. The summed E-state index contributed by atoms with van der Waals surface area (Å²) in [5.74, 6) is -0.208. The lowest BCUT2D eigenvalue weighted by Crippen LogP contribution is -2.37. The predicted molar refractivity (Wildman–Crippen MR) is 88.1 cm³/mol. The normalized spacial score (nSPS) is 10.8. The predicted octanol–water partition coefficient (Wildman–Crippen LogP) is 3.93. The maximum absolute atomic E-state index is 13.0. The van der Waals surface area contributed by atoms with E-state index in [-0.39, 0.29) is 23.5 Å². The van der Waals surface area contributed by atoms with E-state index in [2.05, 4.69) is 10.1 Å². The molecule has 0 bridgehead atoms. The molecule has 3 rings (SSSR count). The summed E-state index contributed by atoms with van der Waals surface area (Å²) in [6, 6.07) is 10.9. The number of pyridine rings is 1. The Morgan fingerprint density at radius 1 is 1.21 bits per heavy atom. The van der Waals surface area contributed by atoms with Crippen LogP contribution in [0.25, 0.3) is 11.3 Å². The van der Waals surface area contributed by atoms with Gasteiger partial charge in [0.1, 0.15) is 5.82 Å². The van der Waals surface area contributed by atoms with E-state index in [4.69, 9.17) is 4.52 Å². The Morgan fingerprint density at radius 3 is 2.58 bits per heavy atom. The summed E-state index contributed by atoms with van der Waals surface area (Å²) in [5.41, 5.74) is 1.52. The van der Waals surface area contributed by atoms with Gasteiger partial charge < -0.3 is 9.42 Å². The number of nitrogens with zero attached hydrogens (tertiary/aromatic N) is 3. The van der Waals surface area contributed by atoms with Crippen LogP contribution in [0.2, 0.25) is 0 Å². The molecule has 0 atom stereocenters. The molecule has 0 fully saturated rings. The fraction of sp³-hybridized carbons (Fsp3) is 0.167. The first-order valence-electron chi connectivity index (χ1n) is 7.52. The molecule has 0 saturated heterocycles. The summed E-state index contributed by atoms with van der Waals surface area (Å²) >= 11 is 0. The quantitative estimate of drug-likeness (QED) is 0.729. The van der Waals surface area contributed by atoms with Crippen molar-refractivity contribution in [2.24, 2.45) is 0 Å². The van der Waals surface area contributed by atoms with Crippen LogP contribution in [0.4, 0.5) is 10.1 Å². The summed E-state index contributed by atoms with van der Waals surface area (Å²) in [4.78, 5) is 18.4. The molecule has 2 heterocycles. The van der Waals surface area contributed by atoms with Gasteiger partial charge in [0, 0.05) is 23.9 Å². The minimum absolute atomic E-state index is 0.0762. The molecule has 0 N–H and O–H groups in total. The third-order valence-electron chi connectivity index (χ3n) is 3.52. The molecule has 1 amide bonds. The van der Waals surface area contributed by atoms with Gasteiger partial charge in [0.2, 0.25) is 0 Å². The summed E-state index contributed by atoms with van der Waals surface area (Å²) < 4.78 is 18.2. The van der Waals surface area contributed by atoms with Gasteiger partial charge in [-0.15, -0.1) is 0 Å². The van der Waals surface area contributed by atoms with Crippen LogP contribution in [0.5, 0.6) is 0 Å². The second-order valence-corrected chi connectivity index (χ2v) is 5.56. The number of rotatable bonds is 4. The fourth-order valence-electron chi connectivity index (χ4n) is 2.40. The first-order valence-corrected chi connectivity index (χ1v) is 7.52. The van der Waals surface area contributed by atoms with Gasteiger partial charge in [-0.3, -0.25) is 9.78 Å². The van der Waals surface area contributed by atoms with Crippen LogP contribution in [0.3, 0.4) is 0 Å². The highest BCUT2D eigenvalue weighted by atomic mass is 19.1. The molecule has 0 aliphatic heterocycles. The third kappa shape index (κ3) is 3.17. The number of aromatic nitrogens is 2. The molecule has 6 heteroatoms. The lowest BCUT2D eigenvalue weighted by molar-refractivity contribution is 0.0971. The van der Waals surface area contributed by atoms with Gasteiger partial charge in [0.25, 0.3) is 5.91 Å². The van der Waals surface area contributed by atoms with Gasteiger partial charge in [-0.05, 0) is 50.2 Å². The zero-order chi connectivity index (χ0) is 17.1. The highest BCUT2D eigenvalue weighted by Gasteiger charge is 2.24. The average Bonchev–Trinajstić information content (AvgIpc) is 3.06. The van der Waals surface area contributed by atoms with Crippen molar-refractivity contribution in [3.63, 3.8) is 0 Å². The second-order valence-electron chi connectivity index (χ2n) is 5.56. The van der Waals surface area contributed by atoms with Crippen molar-refractivity contribution in [3.8, 4) is 11.3 Å². The zero-order valence-electron chi connectivity index (χ0n) is 13.3. The van der Waals surface area contributed by atoms with E-state index in [9.17, 15) is 9.18 Å². The standard InChI is InChI=1S/C18H16FN3O2/c1-12(2)22(15-4-3-9-20-11-15)18(23)16-10-17(24-21-16)13-5-7-14(19)8-6-13/h3-12H,1-2H3. The first-order chi connectivity index (χ1) is 11.6. The topological polar surface area (TPSA) is 59.2 Å². The van der Waals surface area contributed by atoms with E-state index in [1.165, 1.54) is 12.1 Å². The fourth-order valence-corrected chi connectivity index (χ4v) is 2.40. The Morgan fingerprint density at radius 2 is 1.96 bits per heavy atom. The number of carbonyl (C=O) groups excluding carboxylic acids is 1. The van der Waals surface area contributed by atoms with Crippen LogP contribution in [-0.4, -0.2) is 22.1 Å². The molecule has 3 aromatic rings. The molecule has 0 radical (unpaired) electrons. The molecular formula is C18H16FN3O2. The zero-order valence-corrected chi connectivity index (χ0v) is 13.3. The Kier molecular flexibility index (Phi) is 4.37. The molecule has 0 saturated carbocycles. The van der Waals surface area contributed by atoms with E-state index in [1.807, 2.05) is 19.9 Å².